The highest BCUT2D eigenvalue weighted by molar-refractivity contribution is 5.24. The lowest BCUT2D eigenvalue weighted by Gasteiger charge is -2.29. The zero-order valence-corrected chi connectivity index (χ0v) is 11.5. The summed E-state index contributed by atoms with van der Waals surface area (Å²) in [6, 6.07) is 4.11. The summed E-state index contributed by atoms with van der Waals surface area (Å²) >= 11 is 0. The number of aryl methyl sites for hydroxylation is 1. The van der Waals surface area contributed by atoms with Gasteiger partial charge in [0, 0.05) is 36.7 Å². The molecular formula is C15H24N2O. The Balaban J connectivity index is 1.54. The third-order valence-electron chi connectivity index (χ3n) is 4.53. The monoisotopic (exact) mass is 248 g/mol. The van der Waals surface area contributed by atoms with E-state index in [0.717, 1.165) is 19.0 Å². The van der Waals surface area contributed by atoms with Crippen LogP contribution >= 0.6 is 0 Å². The van der Waals surface area contributed by atoms with Crippen LogP contribution in [0.5, 0.6) is 0 Å². The molecule has 0 aliphatic heterocycles. The Labute approximate surface area is 110 Å². The van der Waals surface area contributed by atoms with Gasteiger partial charge in [-0.15, -0.1) is 0 Å². The molecule has 1 fully saturated rings. The molecule has 1 aromatic rings. The van der Waals surface area contributed by atoms with E-state index in [9.17, 15) is 0 Å². The fourth-order valence-corrected chi connectivity index (χ4v) is 3.00. The van der Waals surface area contributed by atoms with E-state index in [-0.39, 0.29) is 0 Å². The maximum absolute atomic E-state index is 5.54. The first-order chi connectivity index (χ1) is 8.75. The van der Waals surface area contributed by atoms with Gasteiger partial charge < -0.3 is 9.73 Å². The molecule has 3 heteroatoms. The van der Waals surface area contributed by atoms with Gasteiger partial charge in [-0.2, -0.15) is 0 Å². The van der Waals surface area contributed by atoms with Crippen molar-refractivity contribution in [3.63, 3.8) is 0 Å². The summed E-state index contributed by atoms with van der Waals surface area (Å²) in [5.41, 5.74) is 1.39. The minimum atomic E-state index is 0.502. The molecule has 2 aliphatic carbocycles. The quantitative estimate of drug-likeness (QED) is 0.868. The van der Waals surface area contributed by atoms with Crippen LogP contribution in [-0.2, 0) is 6.42 Å². The summed E-state index contributed by atoms with van der Waals surface area (Å²) in [7, 11) is 2.26. The van der Waals surface area contributed by atoms with E-state index in [4.69, 9.17) is 4.42 Å². The SMILES string of the molecule is CC(CNC1CCCc2occc21)N(C)C1CC1. The van der Waals surface area contributed by atoms with E-state index < -0.39 is 0 Å². The number of fused-ring (bicyclic) bond motifs is 1. The molecule has 1 N–H and O–H groups in total. The zero-order chi connectivity index (χ0) is 12.5. The number of hydrogen-bond acceptors (Lipinski definition) is 3. The van der Waals surface area contributed by atoms with E-state index in [1.54, 1.807) is 0 Å². The standard InChI is InChI=1S/C15H24N2O/c1-11(17(2)12-6-7-12)10-16-14-4-3-5-15-13(14)8-9-18-15/h8-9,11-12,14,16H,3-7,10H2,1-2H3. The molecule has 3 nitrogen and oxygen atoms in total. The molecule has 2 atom stereocenters. The van der Waals surface area contributed by atoms with Crippen molar-refractivity contribution >= 4 is 0 Å². The van der Waals surface area contributed by atoms with Gasteiger partial charge in [0.1, 0.15) is 5.76 Å². The molecule has 100 valence electrons. The van der Waals surface area contributed by atoms with Crippen LogP contribution in [0, 0.1) is 0 Å². The molecule has 3 rings (SSSR count). The summed E-state index contributed by atoms with van der Waals surface area (Å²) in [5.74, 6) is 1.20. The van der Waals surface area contributed by atoms with E-state index in [1.165, 1.54) is 37.0 Å². The van der Waals surface area contributed by atoms with Gasteiger partial charge in [-0.3, -0.25) is 4.90 Å². The van der Waals surface area contributed by atoms with Gasteiger partial charge in [0.25, 0.3) is 0 Å². The number of nitrogens with zero attached hydrogens (tertiary/aromatic N) is 1. The van der Waals surface area contributed by atoms with Crippen molar-refractivity contribution in [3.8, 4) is 0 Å². The molecule has 18 heavy (non-hydrogen) atoms. The van der Waals surface area contributed by atoms with Gasteiger partial charge >= 0.3 is 0 Å². The van der Waals surface area contributed by atoms with E-state index in [0.29, 0.717) is 12.1 Å². The van der Waals surface area contributed by atoms with E-state index in [2.05, 4.69) is 30.3 Å². The highest BCUT2D eigenvalue weighted by Gasteiger charge is 2.29. The van der Waals surface area contributed by atoms with Crippen LogP contribution < -0.4 is 5.32 Å². The normalized spacial score (nSPS) is 25.2. The van der Waals surface area contributed by atoms with Crippen LogP contribution in [0.1, 0.15) is 50.0 Å². The van der Waals surface area contributed by atoms with Gasteiger partial charge in [-0.05, 0) is 45.7 Å². The fourth-order valence-electron chi connectivity index (χ4n) is 3.00. The summed E-state index contributed by atoms with van der Waals surface area (Å²) in [6.45, 7) is 3.40. The zero-order valence-electron chi connectivity index (χ0n) is 11.5. The topological polar surface area (TPSA) is 28.4 Å². The first-order valence-corrected chi connectivity index (χ1v) is 7.27. The lowest BCUT2D eigenvalue weighted by molar-refractivity contribution is 0.232. The van der Waals surface area contributed by atoms with Crippen molar-refractivity contribution < 1.29 is 4.42 Å². The molecule has 0 aromatic carbocycles. The molecule has 2 aliphatic rings. The van der Waals surface area contributed by atoms with E-state index >= 15 is 0 Å². The molecule has 1 heterocycles. The summed E-state index contributed by atoms with van der Waals surface area (Å²) in [4.78, 5) is 2.52. The number of hydrogen-bond donors (Lipinski definition) is 1. The van der Waals surface area contributed by atoms with Crippen molar-refractivity contribution in [2.75, 3.05) is 13.6 Å². The Hall–Kier alpha value is -0.800. The van der Waals surface area contributed by atoms with Crippen LogP contribution in [0.2, 0.25) is 0 Å². The highest BCUT2D eigenvalue weighted by atomic mass is 16.3. The van der Waals surface area contributed by atoms with Crippen LogP contribution in [0.3, 0.4) is 0 Å². The highest BCUT2D eigenvalue weighted by Crippen LogP contribution is 2.31. The maximum atomic E-state index is 5.54. The molecule has 0 spiro atoms. The maximum Gasteiger partial charge on any atom is 0.108 e. The number of nitrogens with one attached hydrogen (secondary N) is 1. The lowest BCUT2D eigenvalue weighted by atomic mass is 9.93. The Morgan fingerprint density at radius 1 is 1.44 bits per heavy atom. The van der Waals surface area contributed by atoms with Crippen LogP contribution in [-0.4, -0.2) is 30.6 Å². The van der Waals surface area contributed by atoms with Gasteiger partial charge in [0.2, 0.25) is 0 Å². The summed E-state index contributed by atoms with van der Waals surface area (Å²) in [6.07, 6.45) is 8.20. The molecule has 1 aromatic heterocycles. The molecule has 0 bridgehead atoms. The lowest BCUT2D eigenvalue weighted by Crippen LogP contribution is -2.40. The minimum Gasteiger partial charge on any atom is -0.469 e. The molecule has 0 saturated heterocycles. The van der Waals surface area contributed by atoms with Crippen LogP contribution in [0.25, 0.3) is 0 Å². The third kappa shape index (κ3) is 2.47. The summed E-state index contributed by atoms with van der Waals surface area (Å²) < 4.78 is 5.54. The molecule has 0 radical (unpaired) electrons. The predicted molar refractivity (Wildman–Crippen MR) is 72.6 cm³/mol. The first kappa shape index (κ1) is 12.2. The van der Waals surface area contributed by atoms with Crippen molar-refractivity contribution in [1.29, 1.82) is 0 Å². The number of furan rings is 1. The smallest absolute Gasteiger partial charge is 0.108 e. The second kappa shape index (κ2) is 5.06. The predicted octanol–water partition coefficient (Wildman–Crippen LogP) is 2.73. The van der Waals surface area contributed by atoms with Crippen LogP contribution in [0.4, 0.5) is 0 Å². The Kier molecular flexibility index (Phi) is 3.44. The van der Waals surface area contributed by atoms with Crippen molar-refractivity contribution in [1.82, 2.24) is 10.2 Å². The van der Waals surface area contributed by atoms with Crippen molar-refractivity contribution in [3.05, 3.63) is 23.7 Å². The summed E-state index contributed by atoms with van der Waals surface area (Å²) in [5, 5.41) is 3.73. The largest absolute Gasteiger partial charge is 0.469 e. The minimum absolute atomic E-state index is 0.502. The number of likely N-dealkylation sites (N-methyl/N-ethyl adjacent to an activating group) is 1. The van der Waals surface area contributed by atoms with Crippen LogP contribution in [0.15, 0.2) is 16.7 Å². The van der Waals surface area contributed by atoms with Gasteiger partial charge in [0.05, 0.1) is 6.26 Å². The fraction of sp³-hybridized carbons (Fsp3) is 0.733. The van der Waals surface area contributed by atoms with Crippen molar-refractivity contribution in [2.45, 2.75) is 57.2 Å². The Bertz CT molecular complexity index is 397. The van der Waals surface area contributed by atoms with Gasteiger partial charge in [0.15, 0.2) is 0 Å². The molecule has 1 saturated carbocycles. The first-order valence-electron chi connectivity index (χ1n) is 7.27. The van der Waals surface area contributed by atoms with Crippen molar-refractivity contribution in [2.24, 2.45) is 0 Å². The average molecular weight is 248 g/mol. The molecule has 0 amide bonds. The van der Waals surface area contributed by atoms with Gasteiger partial charge in [-0.1, -0.05) is 0 Å². The van der Waals surface area contributed by atoms with E-state index in [1.807, 2.05) is 6.26 Å². The Morgan fingerprint density at radius 3 is 3.06 bits per heavy atom. The molecule has 2 unspecified atom stereocenters. The van der Waals surface area contributed by atoms with Gasteiger partial charge in [-0.25, -0.2) is 0 Å². The Morgan fingerprint density at radius 2 is 2.28 bits per heavy atom. The number of rotatable bonds is 5. The average Bonchev–Trinajstić information content (AvgIpc) is 3.12. The second-order valence-electron chi connectivity index (χ2n) is 5.90. The molecular weight excluding hydrogens is 224 g/mol. The second-order valence-corrected chi connectivity index (χ2v) is 5.90. The third-order valence-corrected chi connectivity index (χ3v) is 4.53.